The average Bonchev–Trinajstić information content (AvgIpc) is 3.20. The van der Waals surface area contributed by atoms with Crippen LogP contribution in [0, 0.1) is 5.82 Å². The third-order valence-electron chi connectivity index (χ3n) is 5.43. The van der Waals surface area contributed by atoms with E-state index in [1.165, 1.54) is 6.07 Å². The van der Waals surface area contributed by atoms with Crippen LogP contribution in [0.5, 0.6) is 0 Å². The van der Waals surface area contributed by atoms with Crippen LogP contribution < -0.4 is 10.6 Å². The van der Waals surface area contributed by atoms with E-state index < -0.39 is 0 Å². The molecule has 1 aliphatic rings. The fraction of sp³-hybridized carbons (Fsp3) is 0.571. The molecular formula is C21H32FIN6O. The van der Waals surface area contributed by atoms with Crippen molar-refractivity contribution in [3.05, 3.63) is 47.8 Å². The van der Waals surface area contributed by atoms with Gasteiger partial charge in [-0.25, -0.2) is 4.39 Å². The summed E-state index contributed by atoms with van der Waals surface area (Å²) in [7, 11) is 0. The first-order valence-electron chi connectivity index (χ1n) is 10.4. The second kappa shape index (κ2) is 12.2. The van der Waals surface area contributed by atoms with Crippen LogP contribution in [0.15, 0.2) is 35.6 Å². The SMILES string of the molecule is CCNC(=NCC1(c2cccc(F)c2)CCOCC1)NCCn1cnnc1CC.I. The Bertz CT molecular complexity index is 806. The van der Waals surface area contributed by atoms with Crippen molar-refractivity contribution in [1.82, 2.24) is 25.4 Å². The molecule has 0 saturated carbocycles. The van der Waals surface area contributed by atoms with Gasteiger partial charge in [0.05, 0.1) is 6.54 Å². The van der Waals surface area contributed by atoms with E-state index in [0.29, 0.717) is 26.3 Å². The lowest BCUT2D eigenvalue weighted by molar-refractivity contribution is 0.0530. The van der Waals surface area contributed by atoms with Crippen molar-refractivity contribution in [2.24, 2.45) is 4.99 Å². The predicted octanol–water partition coefficient (Wildman–Crippen LogP) is 2.90. The number of aryl methyl sites for hydroxylation is 1. The van der Waals surface area contributed by atoms with Gasteiger partial charge in [0.15, 0.2) is 5.96 Å². The van der Waals surface area contributed by atoms with E-state index >= 15 is 0 Å². The minimum absolute atomic E-state index is 0. The molecule has 0 unspecified atom stereocenters. The molecule has 2 N–H and O–H groups in total. The van der Waals surface area contributed by atoms with E-state index in [0.717, 1.165) is 49.7 Å². The Hall–Kier alpha value is -1.75. The first kappa shape index (κ1) is 24.5. The monoisotopic (exact) mass is 530 g/mol. The molecule has 1 saturated heterocycles. The van der Waals surface area contributed by atoms with Gasteiger partial charge in [-0.15, -0.1) is 34.2 Å². The molecule has 0 amide bonds. The first-order chi connectivity index (χ1) is 14.2. The number of nitrogens with zero attached hydrogens (tertiary/aromatic N) is 4. The van der Waals surface area contributed by atoms with E-state index in [1.807, 2.05) is 17.6 Å². The molecule has 9 heteroatoms. The van der Waals surface area contributed by atoms with Crippen molar-refractivity contribution in [2.75, 3.05) is 32.8 Å². The molecular weight excluding hydrogens is 498 g/mol. The van der Waals surface area contributed by atoms with Crippen LogP contribution in [0.25, 0.3) is 0 Å². The standard InChI is InChI=1S/C21H31FN6O.HI/c1-3-19-27-26-16-28(19)11-10-24-20(23-4-2)25-15-21(8-12-29-13-9-21)17-6-5-7-18(22)14-17;/h5-7,14,16H,3-4,8-13,15H2,1-2H3,(H2,23,24,25);1H. The van der Waals surface area contributed by atoms with Crippen molar-refractivity contribution in [1.29, 1.82) is 0 Å². The number of guanidine groups is 1. The maximum atomic E-state index is 13.9. The van der Waals surface area contributed by atoms with Gasteiger partial charge in [0.25, 0.3) is 0 Å². The predicted molar refractivity (Wildman–Crippen MR) is 127 cm³/mol. The van der Waals surface area contributed by atoms with Crippen LogP contribution in [0.4, 0.5) is 4.39 Å². The van der Waals surface area contributed by atoms with E-state index in [9.17, 15) is 4.39 Å². The number of hydrogen-bond acceptors (Lipinski definition) is 4. The van der Waals surface area contributed by atoms with Crippen molar-refractivity contribution in [3.63, 3.8) is 0 Å². The lowest BCUT2D eigenvalue weighted by Gasteiger charge is -2.36. The van der Waals surface area contributed by atoms with Gasteiger partial charge >= 0.3 is 0 Å². The highest BCUT2D eigenvalue weighted by molar-refractivity contribution is 14.0. The minimum Gasteiger partial charge on any atom is -0.381 e. The molecule has 0 atom stereocenters. The maximum Gasteiger partial charge on any atom is 0.191 e. The Morgan fingerprint density at radius 1 is 1.27 bits per heavy atom. The van der Waals surface area contributed by atoms with Gasteiger partial charge in [0, 0.05) is 44.7 Å². The van der Waals surface area contributed by atoms with E-state index in [1.54, 1.807) is 18.5 Å². The zero-order valence-corrected chi connectivity index (χ0v) is 20.1. The van der Waals surface area contributed by atoms with Crippen molar-refractivity contribution >= 4 is 29.9 Å². The Kier molecular flexibility index (Phi) is 9.96. The summed E-state index contributed by atoms with van der Waals surface area (Å²) in [5.41, 5.74) is 0.796. The normalized spacial score (nSPS) is 16.0. The maximum absolute atomic E-state index is 13.9. The summed E-state index contributed by atoms with van der Waals surface area (Å²) in [5.74, 6) is 1.53. The lowest BCUT2D eigenvalue weighted by Crippen LogP contribution is -2.42. The second-order valence-electron chi connectivity index (χ2n) is 7.32. The molecule has 1 aromatic heterocycles. The van der Waals surface area contributed by atoms with Crippen LogP contribution in [-0.2, 0) is 23.1 Å². The smallest absolute Gasteiger partial charge is 0.191 e. The van der Waals surface area contributed by atoms with Gasteiger partial charge in [0.2, 0.25) is 0 Å². The number of nitrogens with one attached hydrogen (secondary N) is 2. The third-order valence-corrected chi connectivity index (χ3v) is 5.43. The molecule has 3 rings (SSSR count). The number of hydrogen-bond donors (Lipinski definition) is 2. The topological polar surface area (TPSA) is 76.4 Å². The largest absolute Gasteiger partial charge is 0.381 e. The molecule has 1 aromatic carbocycles. The van der Waals surface area contributed by atoms with Gasteiger partial charge in [0.1, 0.15) is 18.0 Å². The van der Waals surface area contributed by atoms with Crippen molar-refractivity contribution in [3.8, 4) is 0 Å². The van der Waals surface area contributed by atoms with E-state index in [2.05, 4.69) is 27.8 Å². The fourth-order valence-electron chi connectivity index (χ4n) is 3.72. The highest BCUT2D eigenvalue weighted by Crippen LogP contribution is 2.35. The molecule has 0 radical (unpaired) electrons. The van der Waals surface area contributed by atoms with Crippen LogP contribution >= 0.6 is 24.0 Å². The highest BCUT2D eigenvalue weighted by atomic mass is 127. The lowest BCUT2D eigenvalue weighted by atomic mass is 9.74. The fourth-order valence-corrected chi connectivity index (χ4v) is 3.72. The van der Waals surface area contributed by atoms with Gasteiger partial charge in [-0.2, -0.15) is 0 Å². The van der Waals surface area contributed by atoms with Gasteiger partial charge in [-0.3, -0.25) is 4.99 Å². The number of rotatable bonds is 8. The molecule has 2 heterocycles. The number of aliphatic imine (C=N–C) groups is 1. The van der Waals surface area contributed by atoms with E-state index in [-0.39, 0.29) is 35.2 Å². The van der Waals surface area contributed by atoms with Crippen molar-refractivity contribution < 1.29 is 9.13 Å². The summed E-state index contributed by atoms with van der Waals surface area (Å²) in [6.07, 6.45) is 4.28. The zero-order chi connectivity index (χ0) is 20.5. The highest BCUT2D eigenvalue weighted by Gasteiger charge is 2.34. The Balaban J connectivity index is 0.00000320. The van der Waals surface area contributed by atoms with Crippen molar-refractivity contribution in [2.45, 2.75) is 45.1 Å². The Morgan fingerprint density at radius 2 is 2.07 bits per heavy atom. The van der Waals surface area contributed by atoms with E-state index in [4.69, 9.17) is 9.73 Å². The van der Waals surface area contributed by atoms with Crippen LogP contribution in [0.2, 0.25) is 0 Å². The number of aromatic nitrogens is 3. The quantitative estimate of drug-likeness (QED) is 0.312. The first-order valence-corrected chi connectivity index (χ1v) is 10.4. The Morgan fingerprint density at radius 3 is 2.77 bits per heavy atom. The summed E-state index contributed by atoms with van der Waals surface area (Å²) < 4.78 is 21.5. The summed E-state index contributed by atoms with van der Waals surface area (Å²) in [5, 5.41) is 14.8. The molecule has 0 spiro atoms. The molecule has 30 heavy (non-hydrogen) atoms. The molecule has 1 aliphatic heterocycles. The zero-order valence-electron chi connectivity index (χ0n) is 17.7. The summed E-state index contributed by atoms with van der Waals surface area (Å²) in [6.45, 7) is 8.29. The third kappa shape index (κ3) is 6.37. The summed E-state index contributed by atoms with van der Waals surface area (Å²) >= 11 is 0. The molecule has 0 bridgehead atoms. The molecule has 166 valence electrons. The second-order valence-corrected chi connectivity index (χ2v) is 7.32. The average molecular weight is 530 g/mol. The molecule has 7 nitrogen and oxygen atoms in total. The number of benzene rings is 1. The molecule has 0 aliphatic carbocycles. The Labute approximate surface area is 194 Å². The van der Waals surface area contributed by atoms with Gasteiger partial charge in [-0.1, -0.05) is 19.1 Å². The minimum atomic E-state index is -0.206. The number of halogens is 2. The van der Waals surface area contributed by atoms with Gasteiger partial charge in [-0.05, 0) is 37.5 Å². The van der Waals surface area contributed by atoms with Crippen LogP contribution in [-0.4, -0.2) is 53.6 Å². The van der Waals surface area contributed by atoms with Crippen LogP contribution in [0.1, 0.15) is 38.1 Å². The van der Waals surface area contributed by atoms with Gasteiger partial charge < -0.3 is 19.9 Å². The molecule has 2 aromatic rings. The summed E-state index contributed by atoms with van der Waals surface area (Å²) in [6, 6.07) is 6.91. The van der Waals surface area contributed by atoms with Crippen LogP contribution in [0.3, 0.4) is 0 Å². The number of ether oxygens (including phenoxy) is 1. The molecule has 1 fully saturated rings. The summed E-state index contributed by atoms with van der Waals surface area (Å²) in [4.78, 5) is 4.85.